The third kappa shape index (κ3) is 7.66. The number of pyridine rings is 1. The minimum atomic E-state index is -5.05. The number of allylic oxidation sites excluding steroid dienone is 2. The molecule has 2 aromatic rings. The van der Waals surface area contributed by atoms with Crippen molar-refractivity contribution in [2.75, 3.05) is 13.7 Å². The van der Waals surface area contributed by atoms with E-state index in [1.54, 1.807) is 13.8 Å². The zero-order valence-electron chi connectivity index (χ0n) is 23.2. The van der Waals surface area contributed by atoms with Crippen LogP contribution in [0.25, 0.3) is 11.3 Å². The van der Waals surface area contributed by atoms with Crippen molar-refractivity contribution in [3.05, 3.63) is 88.3 Å². The van der Waals surface area contributed by atoms with Crippen molar-refractivity contribution in [2.45, 2.75) is 57.0 Å². The Morgan fingerprint density at radius 3 is 2.37 bits per heavy atom. The molecule has 222 valence electrons. The Bertz CT molecular complexity index is 1380. The Morgan fingerprint density at radius 1 is 1.20 bits per heavy atom. The number of alkyl halides is 3. The van der Waals surface area contributed by atoms with Crippen LogP contribution in [0.5, 0.6) is 0 Å². The fourth-order valence-corrected chi connectivity index (χ4v) is 3.88. The third-order valence-electron chi connectivity index (χ3n) is 6.45. The van der Waals surface area contributed by atoms with Crippen LogP contribution in [0.2, 0.25) is 5.02 Å². The monoisotopic (exact) mass is 596 g/mol. The predicted octanol–water partition coefficient (Wildman–Crippen LogP) is 5.74. The van der Waals surface area contributed by atoms with Gasteiger partial charge in [0.2, 0.25) is 5.91 Å². The quantitative estimate of drug-likeness (QED) is 0.132. The number of nitrogens with zero attached hydrogens (tertiary/aromatic N) is 1. The molecule has 0 aliphatic heterocycles. The van der Waals surface area contributed by atoms with Crippen LogP contribution in [0.15, 0.2) is 66.2 Å². The van der Waals surface area contributed by atoms with Crippen LogP contribution in [-0.2, 0) is 25.3 Å². The lowest BCUT2D eigenvalue weighted by atomic mass is 9.88. The molecule has 5 N–H and O–H groups in total. The number of halogens is 5. The van der Waals surface area contributed by atoms with E-state index in [4.69, 9.17) is 32.5 Å². The average Bonchev–Trinajstić information content (AvgIpc) is 3.73. The fourth-order valence-electron chi connectivity index (χ4n) is 3.69. The summed E-state index contributed by atoms with van der Waals surface area (Å²) in [6.45, 7) is 7.23. The first kappa shape index (κ1) is 32.1. The fraction of sp³-hybridized carbons (Fsp3) is 0.379. The molecule has 3 rings (SSSR count). The van der Waals surface area contributed by atoms with E-state index in [-0.39, 0.29) is 39.3 Å². The molecule has 1 amide bonds. The summed E-state index contributed by atoms with van der Waals surface area (Å²) >= 11 is 5.90. The molecule has 0 radical (unpaired) electrons. The largest absolute Gasteiger partial charge is 0.493 e. The van der Waals surface area contributed by atoms with E-state index < -0.39 is 41.2 Å². The van der Waals surface area contributed by atoms with Crippen LogP contribution in [0.4, 0.5) is 17.6 Å². The van der Waals surface area contributed by atoms with Gasteiger partial charge in [0.25, 0.3) is 0 Å². The van der Waals surface area contributed by atoms with E-state index in [2.05, 4.69) is 16.9 Å². The first-order valence-corrected chi connectivity index (χ1v) is 13.0. The number of carbonyl (C=O) groups is 1. The standard InChI is InChI=1S/C29H33ClF4N4O3/c1-6-23(41-19-8-9-19)24(40-5)11-16(2)26(39)37-15-28(36,29(32,33)34)25-14-18(27(3,4)35)13-22(38-25)17-7-10-21(31)20(30)12-17/h6-7,10-14,19H,1,8-9,15,35-36H2,2-5H3,(H,37,39)/b16-11+,24-23-. The molecular formula is C29H33ClF4N4O3. The van der Waals surface area contributed by atoms with Crippen LogP contribution < -0.4 is 16.8 Å². The second-order valence-electron chi connectivity index (χ2n) is 10.4. The molecule has 1 aliphatic rings. The zero-order chi connectivity index (χ0) is 30.8. The maximum Gasteiger partial charge on any atom is 0.413 e. The van der Waals surface area contributed by atoms with Crippen molar-refractivity contribution in [2.24, 2.45) is 11.5 Å². The minimum absolute atomic E-state index is 0.0258. The van der Waals surface area contributed by atoms with Gasteiger partial charge in [0, 0.05) is 16.7 Å². The number of benzene rings is 1. The molecular weight excluding hydrogens is 564 g/mol. The highest BCUT2D eigenvalue weighted by Gasteiger charge is 2.55. The molecule has 1 atom stereocenters. The molecule has 7 nitrogen and oxygen atoms in total. The number of methoxy groups -OCH3 is 1. The van der Waals surface area contributed by atoms with E-state index in [0.29, 0.717) is 5.76 Å². The molecule has 0 saturated heterocycles. The highest BCUT2D eigenvalue weighted by Crippen LogP contribution is 2.38. The first-order valence-electron chi connectivity index (χ1n) is 12.7. The van der Waals surface area contributed by atoms with Crippen molar-refractivity contribution in [3.8, 4) is 11.3 Å². The van der Waals surface area contributed by atoms with Gasteiger partial charge in [-0.25, -0.2) is 4.39 Å². The number of carbonyl (C=O) groups excluding carboxylic acids is 1. The van der Waals surface area contributed by atoms with Gasteiger partial charge in [0.05, 0.1) is 36.2 Å². The lowest BCUT2D eigenvalue weighted by Crippen LogP contribution is -2.58. The Hall–Kier alpha value is -3.41. The lowest BCUT2D eigenvalue weighted by molar-refractivity contribution is -0.189. The number of nitrogens with one attached hydrogen (secondary N) is 1. The van der Waals surface area contributed by atoms with Crippen LogP contribution >= 0.6 is 11.6 Å². The summed E-state index contributed by atoms with van der Waals surface area (Å²) in [5.41, 5.74) is 8.02. The third-order valence-corrected chi connectivity index (χ3v) is 6.74. The SMILES string of the molecule is C=C/C(OC1CC1)=C(\C=C(/C)C(=O)NCC(N)(c1cc(C(C)(C)N)cc(-c2ccc(F)c(Cl)c2)n1)C(F)(F)F)OC. The van der Waals surface area contributed by atoms with E-state index in [9.17, 15) is 22.4 Å². The Morgan fingerprint density at radius 2 is 1.85 bits per heavy atom. The molecule has 0 bridgehead atoms. The van der Waals surface area contributed by atoms with Gasteiger partial charge in [0.15, 0.2) is 17.1 Å². The van der Waals surface area contributed by atoms with Crippen molar-refractivity contribution in [1.29, 1.82) is 0 Å². The van der Waals surface area contributed by atoms with Gasteiger partial charge in [-0.15, -0.1) is 0 Å². The summed E-state index contributed by atoms with van der Waals surface area (Å²) in [5, 5.41) is 2.03. The number of hydrogen-bond donors (Lipinski definition) is 3. The van der Waals surface area contributed by atoms with Crippen molar-refractivity contribution < 1.29 is 31.8 Å². The van der Waals surface area contributed by atoms with Gasteiger partial charge in [-0.05, 0) is 81.7 Å². The average molecular weight is 597 g/mol. The summed E-state index contributed by atoms with van der Waals surface area (Å²) in [5.74, 6) is -1.03. The molecule has 41 heavy (non-hydrogen) atoms. The minimum Gasteiger partial charge on any atom is -0.493 e. The number of ether oxygens (including phenoxy) is 2. The van der Waals surface area contributed by atoms with Gasteiger partial charge in [-0.2, -0.15) is 13.2 Å². The molecule has 1 aromatic carbocycles. The van der Waals surface area contributed by atoms with Crippen LogP contribution in [0, 0.1) is 5.82 Å². The Kier molecular flexibility index (Phi) is 9.57. The van der Waals surface area contributed by atoms with Gasteiger partial charge >= 0.3 is 6.18 Å². The lowest BCUT2D eigenvalue weighted by Gasteiger charge is -2.33. The second kappa shape index (κ2) is 12.2. The van der Waals surface area contributed by atoms with Gasteiger partial charge < -0.3 is 26.3 Å². The van der Waals surface area contributed by atoms with Crippen molar-refractivity contribution >= 4 is 17.5 Å². The van der Waals surface area contributed by atoms with Crippen molar-refractivity contribution in [1.82, 2.24) is 10.3 Å². The molecule has 1 unspecified atom stereocenters. The number of hydrogen-bond acceptors (Lipinski definition) is 6. The second-order valence-corrected chi connectivity index (χ2v) is 10.8. The highest BCUT2D eigenvalue weighted by molar-refractivity contribution is 6.31. The van der Waals surface area contributed by atoms with Crippen molar-refractivity contribution in [3.63, 3.8) is 0 Å². The van der Waals surface area contributed by atoms with Gasteiger partial charge in [0.1, 0.15) is 5.82 Å². The Labute approximate surface area is 241 Å². The number of nitrogens with two attached hydrogens (primary N) is 2. The van der Waals surface area contributed by atoms with E-state index >= 15 is 0 Å². The summed E-state index contributed by atoms with van der Waals surface area (Å²) in [6.07, 6.45) is -0.507. The molecule has 1 heterocycles. The van der Waals surface area contributed by atoms with E-state index in [0.717, 1.165) is 25.0 Å². The predicted molar refractivity (Wildman–Crippen MR) is 149 cm³/mol. The maximum absolute atomic E-state index is 14.6. The van der Waals surface area contributed by atoms with Crippen LogP contribution in [0.3, 0.4) is 0 Å². The molecule has 12 heteroatoms. The maximum atomic E-state index is 14.6. The van der Waals surface area contributed by atoms with Gasteiger partial charge in [-0.1, -0.05) is 18.2 Å². The number of amides is 1. The zero-order valence-corrected chi connectivity index (χ0v) is 23.9. The molecule has 1 fully saturated rings. The first-order chi connectivity index (χ1) is 19.0. The molecule has 1 saturated carbocycles. The van der Waals surface area contributed by atoms with Crippen LogP contribution in [-0.4, -0.2) is 36.8 Å². The molecule has 1 aliphatic carbocycles. The summed E-state index contributed by atoms with van der Waals surface area (Å²) < 4.78 is 68.5. The van der Waals surface area contributed by atoms with Crippen LogP contribution in [0.1, 0.15) is 44.9 Å². The molecule has 0 spiro atoms. The normalized spacial score (nSPS) is 16.4. The number of aromatic nitrogens is 1. The van der Waals surface area contributed by atoms with E-state index in [1.165, 1.54) is 44.4 Å². The summed E-state index contributed by atoms with van der Waals surface area (Å²) in [6, 6.07) is 6.27. The highest BCUT2D eigenvalue weighted by atomic mass is 35.5. The topological polar surface area (TPSA) is 112 Å². The van der Waals surface area contributed by atoms with Gasteiger partial charge in [-0.3, -0.25) is 9.78 Å². The summed E-state index contributed by atoms with van der Waals surface area (Å²) in [4.78, 5) is 17.1. The summed E-state index contributed by atoms with van der Waals surface area (Å²) in [7, 11) is 1.37. The Balaban J connectivity index is 2.00. The number of rotatable bonds is 11. The van der Waals surface area contributed by atoms with E-state index in [1.807, 2.05) is 0 Å². The smallest absolute Gasteiger partial charge is 0.413 e. The molecule has 1 aromatic heterocycles.